The fraction of sp³-hybridized carbons (Fsp3) is 0.316. The molecule has 0 radical (unpaired) electrons. The van der Waals surface area contributed by atoms with Gasteiger partial charge in [-0.2, -0.15) is 0 Å². The molecule has 6 heteroatoms. The van der Waals surface area contributed by atoms with E-state index in [1.807, 2.05) is 13.8 Å². The number of ether oxygens (including phenoxy) is 3. The summed E-state index contributed by atoms with van der Waals surface area (Å²) >= 11 is 0. The lowest BCUT2D eigenvalue weighted by atomic mass is 10.0. The molecule has 2 rings (SSSR count). The molecule has 0 fully saturated rings. The minimum atomic E-state index is -0.414. The van der Waals surface area contributed by atoms with E-state index in [-0.39, 0.29) is 23.7 Å². The predicted octanol–water partition coefficient (Wildman–Crippen LogP) is 3.52. The molecule has 0 atom stereocenters. The molecule has 2 aromatic rings. The lowest BCUT2D eigenvalue weighted by molar-refractivity contribution is 0.103. The highest BCUT2D eigenvalue weighted by Crippen LogP contribution is 2.40. The Morgan fingerprint density at radius 3 is 2.16 bits per heavy atom. The van der Waals surface area contributed by atoms with Crippen LogP contribution < -0.4 is 14.2 Å². The highest BCUT2D eigenvalue weighted by molar-refractivity contribution is 6.11. The molecule has 0 saturated carbocycles. The second-order valence-electron chi connectivity index (χ2n) is 5.10. The van der Waals surface area contributed by atoms with Crippen LogP contribution in [0.2, 0.25) is 0 Å². The van der Waals surface area contributed by atoms with Gasteiger partial charge in [0.15, 0.2) is 28.8 Å². The van der Waals surface area contributed by atoms with Crippen LogP contribution in [0, 0.1) is 0 Å². The summed E-state index contributed by atoms with van der Waals surface area (Å²) in [6, 6.07) is 7.50. The van der Waals surface area contributed by atoms with Crippen LogP contribution in [0.5, 0.6) is 28.7 Å². The average Bonchev–Trinajstić information content (AvgIpc) is 2.60. The smallest absolute Gasteiger partial charge is 0.203 e. The predicted molar refractivity (Wildman–Crippen MR) is 93.2 cm³/mol. The van der Waals surface area contributed by atoms with E-state index in [4.69, 9.17) is 14.2 Å². The van der Waals surface area contributed by atoms with Crippen molar-refractivity contribution in [2.75, 3.05) is 19.8 Å². The first kappa shape index (κ1) is 18.4. The van der Waals surface area contributed by atoms with Crippen molar-refractivity contribution in [3.05, 3.63) is 41.5 Å². The van der Waals surface area contributed by atoms with Crippen molar-refractivity contribution in [1.82, 2.24) is 0 Å². The van der Waals surface area contributed by atoms with Crippen molar-refractivity contribution >= 4 is 5.78 Å². The molecule has 0 aliphatic rings. The third kappa shape index (κ3) is 3.96. The van der Waals surface area contributed by atoms with Gasteiger partial charge in [-0.05, 0) is 51.1 Å². The van der Waals surface area contributed by atoms with Gasteiger partial charge in [-0.3, -0.25) is 4.79 Å². The Bertz CT molecular complexity index is 754. The summed E-state index contributed by atoms with van der Waals surface area (Å²) in [5.74, 6) is -0.132. The Morgan fingerprint density at radius 2 is 1.52 bits per heavy atom. The first-order valence-corrected chi connectivity index (χ1v) is 8.15. The van der Waals surface area contributed by atoms with Gasteiger partial charge in [0, 0.05) is 5.56 Å². The van der Waals surface area contributed by atoms with Crippen LogP contribution in [0.1, 0.15) is 36.7 Å². The Balaban J connectivity index is 2.44. The van der Waals surface area contributed by atoms with Crippen molar-refractivity contribution < 1.29 is 29.2 Å². The summed E-state index contributed by atoms with van der Waals surface area (Å²) in [5, 5.41) is 20.1. The molecule has 6 nitrogen and oxygen atoms in total. The maximum atomic E-state index is 12.8. The molecule has 0 spiro atoms. The van der Waals surface area contributed by atoms with Crippen LogP contribution in [0.25, 0.3) is 0 Å². The average molecular weight is 346 g/mol. The van der Waals surface area contributed by atoms with Crippen LogP contribution >= 0.6 is 0 Å². The lowest BCUT2D eigenvalue weighted by Crippen LogP contribution is -2.05. The van der Waals surface area contributed by atoms with Gasteiger partial charge < -0.3 is 24.4 Å². The largest absolute Gasteiger partial charge is 0.504 e. The minimum absolute atomic E-state index is 0.0351. The van der Waals surface area contributed by atoms with E-state index in [0.717, 1.165) is 0 Å². The van der Waals surface area contributed by atoms with E-state index in [2.05, 4.69) is 0 Å². The molecule has 25 heavy (non-hydrogen) atoms. The summed E-state index contributed by atoms with van der Waals surface area (Å²) < 4.78 is 16.2. The highest BCUT2D eigenvalue weighted by Gasteiger charge is 2.21. The normalized spacial score (nSPS) is 10.4. The molecule has 2 N–H and O–H groups in total. The number of rotatable bonds is 8. The monoisotopic (exact) mass is 346 g/mol. The SMILES string of the molecule is CCOc1ccc(C(=O)c2ccc(O)c(OCC)c2O)cc1OCC. The van der Waals surface area contributed by atoms with E-state index >= 15 is 0 Å². The quantitative estimate of drug-likeness (QED) is 0.711. The number of carbonyl (C=O) groups is 1. The topological polar surface area (TPSA) is 85.2 Å². The zero-order chi connectivity index (χ0) is 18.4. The first-order valence-electron chi connectivity index (χ1n) is 8.15. The molecule has 0 unspecified atom stereocenters. The van der Waals surface area contributed by atoms with Crippen molar-refractivity contribution in [1.29, 1.82) is 0 Å². The fourth-order valence-corrected chi connectivity index (χ4v) is 2.38. The van der Waals surface area contributed by atoms with Gasteiger partial charge in [0.1, 0.15) is 0 Å². The number of phenols is 2. The third-order valence-electron chi connectivity index (χ3n) is 3.45. The van der Waals surface area contributed by atoms with E-state index in [0.29, 0.717) is 30.3 Å². The molecule has 2 aromatic carbocycles. The van der Waals surface area contributed by atoms with Crippen LogP contribution in [0.3, 0.4) is 0 Å². The maximum Gasteiger partial charge on any atom is 0.203 e. The van der Waals surface area contributed by atoms with Crippen LogP contribution in [-0.2, 0) is 0 Å². The maximum absolute atomic E-state index is 12.8. The molecule has 0 heterocycles. The van der Waals surface area contributed by atoms with Gasteiger partial charge in [-0.25, -0.2) is 0 Å². The zero-order valence-electron chi connectivity index (χ0n) is 14.5. The lowest BCUT2D eigenvalue weighted by Gasteiger charge is -2.14. The highest BCUT2D eigenvalue weighted by atomic mass is 16.5. The van der Waals surface area contributed by atoms with Crippen molar-refractivity contribution in [3.63, 3.8) is 0 Å². The molecule has 0 amide bonds. The molecule has 134 valence electrons. The second kappa shape index (κ2) is 8.28. The van der Waals surface area contributed by atoms with Crippen molar-refractivity contribution in [2.45, 2.75) is 20.8 Å². The standard InChI is InChI=1S/C19H22O6/c1-4-23-15-10-7-12(11-16(15)24-5-2)17(21)13-8-9-14(20)19(18(13)22)25-6-3/h7-11,20,22H,4-6H2,1-3H3. The number of hydrogen-bond acceptors (Lipinski definition) is 6. The number of hydrogen-bond donors (Lipinski definition) is 2. The van der Waals surface area contributed by atoms with Gasteiger partial charge in [-0.15, -0.1) is 0 Å². The van der Waals surface area contributed by atoms with E-state index in [1.54, 1.807) is 25.1 Å². The molecule has 0 bridgehead atoms. The zero-order valence-corrected chi connectivity index (χ0v) is 14.5. The summed E-state index contributed by atoms with van der Waals surface area (Å²) in [7, 11) is 0. The van der Waals surface area contributed by atoms with Crippen molar-refractivity contribution in [3.8, 4) is 28.7 Å². The van der Waals surface area contributed by atoms with Crippen LogP contribution in [0.4, 0.5) is 0 Å². The number of benzene rings is 2. The summed E-state index contributed by atoms with van der Waals surface area (Å²) in [6.45, 7) is 6.56. The molecule has 0 aliphatic heterocycles. The second-order valence-corrected chi connectivity index (χ2v) is 5.10. The Hall–Kier alpha value is -2.89. The van der Waals surface area contributed by atoms with Gasteiger partial charge >= 0.3 is 0 Å². The number of ketones is 1. The molecule has 0 aliphatic carbocycles. The number of carbonyl (C=O) groups excluding carboxylic acids is 1. The molecular weight excluding hydrogens is 324 g/mol. The van der Waals surface area contributed by atoms with Gasteiger partial charge in [0.25, 0.3) is 0 Å². The van der Waals surface area contributed by atoms with E-state index in [9.17, 15) is 15.0 Å². The summed E-state index contributed by atoms with van der Waals surface area (Å²) in [6.07, 6.45) is 0. The first-order chi connectivity index (χ1) is 12.0. The fourth-order valence-electron chi connectivity index (χ4n) is 2.38. The Kier molecular flexibility index (Phi) is 6.11. The summed E-state index contributed by atoms with van der Waals surface area (Å²) in [5.41, 5.74) is 0.364. The molecule has 0 aromatic heterocycles. The van der Waals surface area contributed by atoms with Crippen molar-refractivity contribution in [2.24, 2.45) is 0 Å². The number of aromatic hydroxyl groups is 2. The van der Waals surface area contributed by atoms with E-state index in [1.165, 1.54) is 12.1 Å². The van der Waals surface area contributed by atoms with Gasteiger partial charge in [0.05, 0.1) is 25.4 Å². The summed E-state index contributed by atoms with van der Waals surface area (Å²) in [4.78, 5) is 12.8. The minimum Gasteiger partial charge on any atom is -0.504 e. The van der Waals surface area contributed by atoms with Gasteiger partial charge in [0.2, 0.25) is 5.75 Å². The molecular formula is C19H22O6. The van der Waals surface area contributed by atoms with Crippen LogP contribution in [0.15, 0.2) is 30.3 Å². The number of phenolic OH excluding ortho intramolecular Hbond substituents is 2. The molecule has 0 saturated heterocycles. The Morgan fingerprint density at radius 1 is 0.880 bits per heavy atom. The third-order valence-corrected chi connectivity index (χ3v) is 3.45. The van der Waals surface area contributed by atoms with Crippen LogP contribution in [-0.4, -0.2) is 35.8 Å². The Labute approximate surface area is 146 Å². The van der Waals surface area contributed by atoms with E-state index < -0.39 is 11.5 Å². The van der Waals surface area contributed by atoms with Gasteiger partial charge in [-0.1, -0.05) is 0 Å².